The standard InChI is InChI=1S/C27H32N2O5/c1-5-33-26-15-20(17-28-19(2)21-12-14-23(31-3)25(16-21)32-4)11-13-24(26)34-18-27(30)29-22-9-7-6-8-10-22/h6-16,19,28H,5,17-18H2,1-4H3,(H,29,30). The number of nitrogens with one attached hydrogen (secondary N) is 2. The highest BCUT2D eigenvalue weighted by Gasteiger charge is 2.12. The Kier molecular flexibility index (Phi) is 9.17. The molecular formula is C27H32N2O5. The van der Waals surface area contributed by atoms with E-state index in [1.54, 1.807) is 14.2 Å². The molecule has 0 aromatic heterocycles. The van der Waals surface area contributed by atoms with Crippen LogP contribution in [-0.4, -0.2) is 33.3 Å². The quantitative estimate of drug-likeness (QED) is 0.394. The van der Waals surface area contributed by atoms with E-state index < -0.39 is 0 Å². The van der Waals surface area contributed by atoms with Gasteiger partial charge < -0.3 is 29.6 Å². The number of ether oxygens (including phenoxy) is 4. The molecule has 3 aromatic carbocycles. The Balaban J connectivity index is 1.60. The van der Waals surface area contributed by atoms with Crippen LogP contribution >= 0.6 is 0 Å². The van der Waals surface area contributed by atoms with Crippen molar-refractivity contribution in [3.05, 3.63) is 77.9 Å². The minimum Gasteiger partial charge on any atom is -0.493 e. The molecule has 1 atom stereocenters. The molecule has 0 aliphatic heterocycles. The van der Waals surface area contributed by atoms with Gasteiger partial charge in [-0.1, -0.05) is 30.3 Å². The second kappa shape index (κ2) is 12.5. The molecule has 0 fully saturated rings. The first-order valence-corrected chi connectivity index (χ1v) is 11.2. The maximum Gasteiger partial charge on any atom is 0.262 e. The van der Waals surface area contributed by atoms with Gasteiger partial charge in [0.1, 0.15) is 0 Å². The van der Waals surface area contributed by atoms with E-state index in [1.807, 2.05) is 73.7 Å². The molecule has 0 aliphatic rings. The Hall–Kier alpha value is -3.71. The summed E-state index contributed by atoms with van der Waals surface area (Å²) in [6.07, 6.45) is 0. The van der Waals surface area contributed by atoms with E-state index in [-0.39, 0.29) is 18.6 Å². The van der Waals surface area contributed by atoms with Gasteiger partial charge in [0.25, 0.3) is 5.91 Å². The predicted molar refractivity (Wildman–Crippen MR) is 133 cm³/mol. The average molecular weight is 465 g/mol. The van der Waals surface area contributed by atoms with Gasteiger partial charge in [-0.25, -0.2) is 0 Å². The summed E-state index contributed by atoms with van der Waals surface area (Å²) in [5, 5.41) is 6.32. The third-order valence-corrected chi connectivity index (χ3v) is 5.24. The van der Waals surface area contributed by atoms with Gasteiger partial charge in [0, 0.05) is 18.3 Å². The lowest BCUT2D eigenvalue weighted by Crippen LogP contribution is -2.20. The molecule has 0 saturated heterocycles. The summed E-state index contributed by atoms with van der Waals surface area (Å²) in [6, 6.07) is 21.0. The number of amides is 1. The van der Waals surface area contributed by atoms with E-state index in [9.17, 15) is 4.79 Å². The van der Waals surface area contributed by atoms with Crippen LogP contribution in [0.4, 0.5) is 5.69 Å². The lowest BCUT2D eigenvalue weighted by Gasteiger charge is -2.18. The van der Waals surface area contributed by atoms with Crippen LogP contribution in [0.15, 0.2) is 66.7 Å². The molecule has 7 nitrogen and oxygen atoms in total. The Bertz CT molecular complexity index is 1070. The van der Waals surface area contributed by atoms with Crippen LogP contribution in [0.3, 0.4) is 0 Å². The Morgan fingerprint density at radius 2 is 1.59 bits per heavy atom. The first kappa shape index (κ1) is 24.9. The summed E-state index contributed by atoms with van der Waals surface area (Å²) >= 11 is 0. The molecule has 0 saturated carbocycles. The molecule has 1 amide bonds. The van der Waals surface area contributed by atoms with E-state index in [4.69, 9.17) is 18.9 Å². The number of rotatable bonds is 12. The molecule has 3 rings (SSSR count). The number of hydrogen-bond donors (Lipinski definition) is 2. The Labute approximate surface area is 201 Å². The van der Waals surface area contributed by atoms with Gasteiger partial charge in [0.05, 0.1) is 20.8 Å². The maximum absolute atomic E-state index is 12.2. The van der Waals surface area contributed by atoms with Crippen LogP contribution < -0.4 is 29.6 Å². The zero-order valence-electron chi connectivity index (χ0n) is 20.1. The second-order valence-corrected chi connectivity index (χ2v) is 7.63. The van der Waals surface area contributed by atoms with Gasteiger partial charge in [-0.3, -0.25) is 4.79 Å². The number of carbonyl (C=O) groups excluding carboxylic acids is 1. The molecular weight excluding hydrogens is 432 g/mol. The van der Waals surface area contributed by atoms with Crippen LogP contribution in [0, 0.1) is 0 Å². The molecule has 180 valence electrons. The minimum absolute atomic E-state index is 0.0907. The van der Waals surface area contributed by atoms with Crippen molar-refractivity contribution in [2.75, 3.05) is 32.8 Å². The van der Waals surface area contributed by atoms with Crippen molar-refractivity contribution >= 4 is 11.6 Å². The number of hydrogen-bond acceptors (Lipinski definition) is 6. The molecule has 0 radical (unpaired) electrons. The number of carbonyl (C=O) groups is 1. The Morgan fingerprint density at radius 1 is 0.853 bits per heavy atom. The summed E-state index contributed by atoms with van der Waals surface area (Å²) in [5.74, 6) is 2.30. The molecule has 0 spiro atoms. The summed E-state index contributed by atoms with van der Waals surface area (Å²) in [5.41, 5.74) is 2.86. The zero-order chi connectivity index (χ0) is 24.3. The van der Waals surface area contributed by atoms with Gasteiger partial charge in [-0.05, 0) is 61.4 Å². The van der Waals surface area contributed by atoms with Gasteiger partial charge in [0.2, 0.25) is 0 Å². The van der Waals surface area contributed by atoms with Crippen molar-refractivity contribution in [2.45, 2.75) is 26.4 Å². The average Bonchev–Trinajstić information content (AvgIpc) is 2.87. The molecule has 34 heavy (non-hydrogen) atoms. The highest BCUT2D eigenvalue weighted by atomic mass is 16.5. The molecule has 7 heteroatoms. The normalized spacial score (nSPS) is 11.4. The van der Waals surface area contributed by atoms with Crippen LogP contribution in [0.25, 0.3) is 0 Å². The fourth-order valence-electron chi connectivity index (χ4n) is 3.42. The van der Waals surface area contributed by atoms with Crippen molar-refractivity contribution in [1.29, 1.82) is 0 Å². The van der Waals surface area contributed by atoms with Gasteiger partial charge in [-0.2, -0.15) is 0 Å². The number of benzene rings is 3. The lowest BCUT2D eigenvalue weighted by atomic mass is 10.1. The largest absolute Gasteiger partial charge is 0.493 e. The smallest absolute Gasteiger partial charge is 0.262 e. The molecule has 1 unspecified atom stereocenters. The summed E-state index contributed by atoms with van der Waals surface area (Å²) in [7, 11) is 3.25. The van der Waals surface area contributed by atoms with Crippen molar-refractivity contribution in [3.63, 3.8) is 0 Å². The molecule has 2 N–H and O–H groups in total. The van der Waals surface area contributed by atoms with Crippen molar-refractivity contribution in [2.24, 2.45) is 0 Å². The van der Waals surface area contributed by atoms with Crippen molar-refractivity contribution < 1.29 is 23.7 Å². The second-order valence-electron chi connectivity index (χ2n) is 7.63. The van der Waals surface area contributed by atoms with E-state index in [0.29, 0.717) is 36.1 Å². The van der Waals surface area contributed by atoms with Gasteiger partial charge in [-0.15, -0.1) is 0 Å². The fraction of sp³-hybridized carbons (Fsp3) is 0.296. The summed E-state index contributed by atoms with van der Waals surface area (Å²) < 4.78 is 22.2. The predicted octanol–water partition coefficient (Wildman–Crippen LogP) is 4.97. The molecule has 0 heterocycles. The molecule has 3 aromatic rings. The van der Waals surface area contributed by atoms with E-state index in [0.717, 1.165) is 16.8 Å². The third-order valence-electron chi connectivity index (χ3n) is 5.24. The summed E-state index contributed by atoms with van der Waals surface area (Å²) in [6.45, 7) is 5.02. The number of anilines is 1. The van der Waals surface area contributed by atoms with Gasteiger partial charge >= 0.3 is 0 Å². The van der Waals surface area contributed by atoms with E-state index in [2.05, 4.69) is 17.6 Å². The van der Waals surface area contributed by atoms with Crippen molar-refractivity contribution in [3.8, 4) is 23.0 Å². The monoisotopic (exact) mass is 464 g/mol. The highest BCUT2D eigenvalue weighted by molar-refractivity contribution is 5.91. The van der Waals surface area contributed by atoms with Crippen LogP contribution in [-0.2, 0) is 11.3 Å². The van der Waals surface area contributed by atoms with Gasteiger partial charge in [0.15, 0.2) is 29.6 Å². The fourth-order valence-corrected chi connectivity index (χ4v) is 3.42. The molecule has 0 bridgehead atoms. The Morgan fingerprint density at radius 3 is 2.29 bits per heavy atom. The zero-order valence-corrected chi connectivity index (χ0v) is 20.1. The highest BCUT2D eigenvalue weighted by Crippen LogP contribution is 2.31. The van der Waals surface area contributed by atoms with Crippen LogP contribution in [0.1, 0.15) is 31.0 Å². The summed E-state index contributed by atoms with van der Waals surface area (Å²) in [4.78, 5) is 12.2. The van der Waals surface area contributed by atoms with Crippen LogP contribution in [0.2, 0.25) is 0 Å². The number of methoxy groups -OCH3 is 2. The first-order chi connectivity index (χ1) is 16.5. The number of para-hydroxylation sites is 1. The van der Waals surface area contributed by atoms with E-state index in [1.165, 1.54) is 0 Å². The van der Waals surface area contributed by atoms with Crippen molar-refractivity contribution in [1.82, 2.24) is 5.32 Å². The molecule has 0 aliphatic carbocycles. The van der Waals surface area contributed by atoms with E-state index >= 15 is 0 Å². The topological polar surface area (TPSA) is 78.1 Å². The SMILES string of the molecule is CCOc1cc(CNC(C)c2ccc(OC)c(OC)c2)ccc1OCC(=O)Nc1ccccc1. The van der Waals surface area contributed by atoms with Crippen LogP contribution in [0.5, 0.6) is 23.0 Å². The lowest BCUT2D eigenvalue weighted by molar-refractivity contribution is -0.118. The minimum atomic E-state index is -0.233. The maximum atomic E-state index is 12.2. The third kappa shape index (κ3) is 6.89. The first-order valence-electron chi connectivity index (χ1n) is 11.2.